The molecule has 0 spiro atoms. The smallest absolute Gasteiger partial charge is 0.326 e. The number of nitrogens with two attached hydrogens (primary N) is 2. The van der Waals surface area contributed by atoms with E-state index in [0.717, 1.165) is 0 Å². The minimum Gasteiger partial charge on any atom is -0.481 e. The lowest BCUT2D eigenvalue weighted by molar-refractivity contribution is -0.142. The highest BCUT2D eigenvalue weighted by molar-refractivity contribution is 5.94. The molecule has 0 bridgehead atoms. The summed E-state index contributed by atoms with van der Waals surface area (Å²) in [6.45, 7) is 3.19. The molecule has 0 aliphatic heterocycles. The number of carboxylic acids is 2. The predicted octanol–water partition coefficient (Wildman–Crippen LogP) is -2.26. The molecule has 0 aliphatic rings. The van der Waals surface area contributed by atoms with Crippen LogP contribution >= 0.6 is 0 Å². The van der Waals surface area contributed by atoms with E-state index in [-0.39, 0.29) is 12.3 Å². The van der Waals surface area contributed by atoms with Crippen molar-refractivity contribution in [2.75, 3.05) is 13.1 Å². The molecular weight excluding hydrogens is 386 g/mol. The number of carboxylic acid groups (broad SMARTS) is 2. The Hall–Kier alpha value is -2.73. The van der Waals surface area contributed by atoms with E-state index in [2.05, 4.69) is 16.0 Å². The normalized spacial score (nSPS) is 13.8. The Balaban J connectivity index is 4.79. The second kappa shape index (κ2) is 13.4. The van der Waals surface area contributed by atoms with Gasteiger partial charge in [0.05, 0.1) is 19.0 Å². The van der Waals surface area contributed by atoms with Crippen LogP contribution in [-0.4, -0.2) is 71.1 Å². The average Bonchev–Trinajstić information content (AvgIpc) is 2.63. The van der Waals surface area contributed by atoms with E-state index in [1.165, 1.54) is 0 Å². The lowest BCUT2D eigenvalue weighted by atomic mass is 10.0. The molecule has 0 fully saturated rings. The lowest BCUT2D eigenvalue weighted by Crippen LogP contribution is -2.55. The molecule has 0 saturated heterocycles. The van der Waals surface area contributed by atoms with Crippen LogP contribution in [0.4, 0.5) is 0 Å². The highest BCUT2D eigenvalue weighted by atomic mass is 16.4. The molecule has 3 unspecified atom stereocenters. The standard InChI is InChI=1S/C17H31N5O7/c1-9(2)14(19)16(27)22-11(7-13(24)25)15(26)20-8-12(23)21-10(17(28)29)5-3-4-6-18/h9-11,14H,3-8,18-19H2,1-2H3,(H,20,26)(H,21,23)(H,22,27)(H,24,25)(H,28,29). The number of hydrogen-bond acceptors (Lipinski definition) is 7. The van der Waals surface area contributed by atoms with Crippen molar-refractivity contribution in [1.29, 1.82) is 0 Å². The Labute approximate surface area is 168 Å². The molecule has 9 N–H and O–H groups in total. The molecule has 12 heteroatoms. The quantitative estimate of drug-likeness (QED) is 0.152. The Morgan fingerprint density at radius 2 is 1.55 bits per heavy atom. The van der Waals surface area contributed by atoms with E-state index in [4.69, 9.17) is 21.7 Å². The van der Waals surface area contributed by atoms with Gasteiger partial charge in [0.2, 0.25) is 17.7 Å². The Morgan fingerprint density at radius 1 is 0.931 bits per heavy atom. The number of nitrogens with one attached hydrogen (secondary N) is 3. The van der Waals surface area contributed by atoms with Crippen molar-refractivity contribution in [3.05, 3.63) is 0 Å². The summed E-state index contributed by atoms with van der Waals surface area (Å²) in [5, 5.41) is 24.8. The zero-order chi connectivity index (χ0) is 22.6. The molecule has 3 amide bonds. The molecule has 166 valence electrons. The first kappa shape index (κ1) is 26.3. The van der Waals surface area contributed by atoms with Crippen molar-refractivity contribution in [3.63, 3.8) is 0 Å². The SMILES string of the molecule is CC(C)C(N)C(=O)NC(CC(=O)O)C(=O)NCC(=O)NC(CCCCN)C(=O)O. The van der Waals surface area contributed by atoms with Crippen LogP contribution in [0.2, 0.25) is 0 Å². The van der Waals surface area contributed by atoms with Gasteiger partial charge in [0, 0.05) is 0 Å². The maximum atomic E-state index is 12.2. The number of hydrogen-bond donors (Lipinski definition) is 7. The van der Waals surface area contributed by atoms with Crippen molar-refractivity contribution in [3.8, 4) is 0 Å². The third kappa shape index (κ3) is 11.0. The average molecular weight is 417 g/mol. The van der Waals surface area contributed by atoms with Crippen LogP contribution in [0.25, 0.3) is 0 Å². The summed E-state index contributed by atoms with van der Waals surface area (Å²) in [6, 6.07) is -3.51. The first-order chi connectivity index (χ1) is 13.5. The molecule has 0 radical (unpaired) electrons. The number of carbonyl (C=O) groups is 5. The van der Waals surface area contributed by atoms with Gasteiger partial charge in [-0.25, -0.2) is 4.79 Å². The number of rotatable bonds is 14. The zero-order valence-electron chi connectivity index (χ0n) is 16.6. The minimum atomic E-state index is -1.43. The van der Waals surface area contributed by atoms with Crippen molar-refractivity contribution in [2.45, 2.75) is 57.7 Å². The Bertz CT molecular complexity index is 597. The van der Waals surface area contributed by atoms with Crippen LogP contribution in [-0.2, 0) is 24.0 Å². The zero-order valence-corrected chi connectivity index (χ0v) is 16.6. The summed E-state index contributed by atoms with van der Waals surface area (Å²) >= 11 is 0. The van der Waals surface area contributed by atoms with Crippen LogP contribution in [0.3, 0.4) is 0 Å². The van der Waals surface area contributed by atoms with Crippen molar-refractivity contribution in [2.24, 2.45) is 17.4 Å². The molecule has 0 saturated carbocycles. The van der Waals surface area contributed by atoms with E-state index in [1.807, 2.05) is 0 Å². The van der Waals surface area contributed by atoms with Crippen LogP contribution < -0.4 is 27.4 Å². The Morgan fingerprint density at radius 3 is 2.03 bits per heavy atom. The van der Waals surface area contributed by atoms with Gasteiger partial charge in [-0.3, -0.25) is 19.2 Å². The van der Waals surface area contributed by atoms with Crippen molar-refractivity contribution >= 4 is 29.7 Å². The molecule has 12 nitrogen and oxygen atoms in total. The van der Waals surface area contributed by atoms with Gasteiger partial charge in [0.25, 0.3) is 0 Å². The molecule has 0 rings (SSSR count). The van der Waals surface area contributed by atoms with Crippen LogP contribution in [0, 0.1) is 5.92 Å². The second-order valence-electron chi connectivity index (χ2n) is 6.89. The van der Waals surface area contributed by atoms with E-state index in [9.17, 15) is 24.0 Å². The monoisotopic (exact) mass is 417 g/mol. The van der Waals surface area contributed by atoms with Gasteiger partial charge >= 0.3 is 11.9 Å². The summed E-state index contributed by atoms with van der Waals surface area (Å²) in [5.74, 6) is -5.16. The third-order valence-electron chi connectivity index (χ3n) is 4.04. The van der Waals surface area contributed by atoms with Gasteiger partial charge in [-0.2, -0.15) is 0 Å². The lowest BCUT2D eigenvalue weighted by Gasteiger charge is -2.21. The summed E-state index contributed by atoms with van der Waals surface area (Å²) in [7, 11) is 0. The van der Waals surface area contributed by atoms with Crippen molar-refractivity contribution in [1.82, 2.24) is 16.0 Å². The fourth-order valence-corrected chi connectivity index (χ4v) is 2.24. The number of aliphatic carboxylic acids is 2. The van der Waals surface area contributed by atoms with E-state index in [1.54, 1.807) is 13.8 Å². The molecule has 3 atom stereocenters. The highest BCUT2D eigenvalue weighted by Gasteiger charge is 2.28. The maximum Gasteiger partial charge on any atom is 0.326 e. The fourth-order valence-electron chi connectivity index (χ4n) is 2.24. The van der Waals surface area contributed by atoms with E-state index < -0.39 is 60.8 Å². The molecular formula is C17H31N5O7. The molecule has 0 aromatic rings. The van der Waals surface area contributed by atoms with E-state index >= 15 is 0 Å². The van der Waals surface area contributed by atoms with Crippen LogP contribution in [0.5, 0.6) is 0 Å². The first-order valence-corrected chi connectivity index (χ1v) is 9.27. The van der Waals surface area contributed by atoms with Crippen molar-refractivity contribution < 1.29 is 34.2 Å². The van der Waals surface area contributed by atoms with Gasteiger partial charge in [-0.1, -0.05) is 13.8 Å². The van der Waals surface area contributed by atoms with Crippen LogP contribution in [0.15, 0.2) is 0 Å². The third-order valence-corrected chi connectivity index (χ3v) is 4.04. The van der Waals surface area contributed by atoms with Gasteiger partial charge in [0.15, 0.2) is 0 Å². The number of unbranched alkanes of at least 4 members (excludes halogenated alkanes) is 1. The van der Waals surface area contributed by atoms with Gasteiger partial charge in [-0.15, -0.1) is 0 Å². The highest BCUT2D eigenvalue weighted by Crippen LogP contribution is 2.02. The van der Waals surface area contributed by atoms with E-state index in [0.29, 0.717) is 19.4 Å². The topological polar surface area (TPSA) is 214 Å². The summed E-state index contributed by atoms with van der Waals surface area (Å²) < 4.78 is 0. The summed E-state index contributed by atoms with van der Waals surface area (Å²) in [4.78, 5) is 58.3. The number of amides is 3. The Kier molecular flexibility index (Phi) is 12.2. The predicted molar refractivity (Wildman–Crippen MR) is 102 cm³/mol. The van der Waals surface area contributed by atoms with Gasteiger partial charge in [-0.05, 0) is 31.7 Å². The summed E-state index contributed by atoms with van der Waals surface area (Å²) in [6.07, 6.45) is 0.576. The second-order valence-corrected chi connectivity index (χ2v) is 6.89. The van der Waals surface area contributed by atoms with Gasteiger partial charge < -0.3 is 37.6 Å². The van der Waals surface area contributed by atoms with Gasteiger partial charge in [0.1, 0.15) is 12.1 Å². The molecule has 0 aromatic heterocycles. The molecule has 0 aliphatic carbocycles. The number of carbonyl (C=O) groups excluding carboxylic acids is 3. The first-order valence-electron chi connectivity index (χ1n) is 9.27. The molecule has 0 heterocycles. The van der Waals surface area contributed by atoms with Crippen LogP contribution in [0.1, 0.15) is 39.5 Å². The molecule has 0 aromatic carbocycles. The molecule has 29 heavy (non-hydrogen) atoms. The maximum absolute atomic E-state index is 12.2. The largest absolute Gasteiger partial charge is 0.481 e. The summed E-state index contributed by atoms with van der Waals surface area (Å²) in [5.41, 5.74) is 11.0. The minimum absolute atomic E-state index is 0.178. The fraction of sp³-hybridized carbons (Fsp3) is 0.706.